The largest absolute Gasteiger partial charge is 0.457 e. The van der Waals surface area contributed by atoms with Crippen molar-refractivity contribution in [2.75, 3.05) is 46.9 Å². The third-order valence-electron chi connectivity index (χ3n) is 13.2. The van der Waals surface area contributed by atoms with Crippen molar-refractivity contribution < 1.29 is 46.2 Å². The number of piperidine rings is 1. The first kappa shape index (κ1) is 48.9. The van der Waals surface area contributed by atoms with E-state index in [2.05, 4.69) is 9.88 Å². The van der Waals surface area contributed by atoms with Crippen LogP contribution in [-0.2, 0) is 50.5 Å². The van der Waals surface area contributed by atoms with Gasteiger partial charge in [-0.1, -0.05) is 35.3 Å². The number of aromatic nitrogens is 2. The molecule has 3 amide bonds. The maximum absolute atomic E-state index is 16.2. The SMILES string of the molecule is COC[C@@H]1CC(=O)[C@H](C)N(Cc2c(F)cc(Cl)cc2Oc2ccc(-c3cnc(CN4CCC4)n3C)cc2)C(=O)C[C@@H](CC(F)(F)F)C(=O)N2CCC[C@@](Cc3ccc(Cl)cc3)(C2)N(C)C1=O. The number of nitrogens with zero attached hydrogens (tertiary/aromatic N) is 6. The predicted molar refractivity (Wildman–Crippen MR) is 240 cm³/mol. The summed E-state index contributed by atoms with van der Waals surface area (Å²) in [6.07, 6.45) is -3.93. The number of rotatable bonds is 12. The summed E-state index contributed by atoms with van der Waals surface area (Å²) in [7, 11) is 4.89. The van der Waals surface area contributed by atoms with Gasteiger partial charge in [-0.05, 0) is 99.8 Å². The first-order chi connectivity index (χ1) is 31.3. The molecule has 2 bridgehead atoms. The molecule has 0 spiro atoms. The summed E-state index contributed by atoms with van der Waals surface area (Å²) in [6.45, 7) is 3.28. The van der Waals surface area contributed by atoms with E-state index in [4.69, 9.17) is 32.7 Å². The van der Waals surface area contributed by atoms with Crippen molar-refractivity contribution in [3.8, 4) is 22.8 Å². The molecule has 3 aliphatic rings. The Labute approximate surface area is 391 Å². The van der Waals surface area contributed by atoms with Gasteiger partial charge in [0.05, 0.1) is 61.4 Å². The summed E-state index contributed by atoms with van der Waals surface area (Å²) in [4.78, 5) is 68.6. The fraction of sp³-hybridized carbons (Fsp3) is 0.479. The van der Waals surface area contributed by atoms with Gasteiger partial charge in [-0.2, -0.15) is 13.2 Å². The normalized spacial score (nSPS) is 22.7. The summed E-state index contributed by atoms with van der Waals surface area (Å²) in [5, 5.41) is 0.438. The van der Waals surface area contributed by atoms with Gasteiger partial charge in [-0.25, -0.2) is 9.37 Å². The molecule has 4 atom stereocenters. The number of carbonyl (C=O) groups is 4. The van der Waals surface area contributed by atoms with E-state index in [-0.39, 0.29) is 48.2 Å². The van der Waals surface area contributed by atoms with Crippen molar-refractivity contribution in [2.45, 2.75) is 82.7 Å². The number of amides is 3. The van der Waals surface area contributed by atoms with Crippen molar-refractivity contribution in [3.05, 3.63) is 99.7 Å². The minimum absolute atomic E-state index is 0.0431. The van der Waals surface area contributed by atoms with Crippen LogP contribution >= 0.6 is 23.2 Å². The second kappa shape index (κ2) is 20.5. The van der Waals surface area contributed by atoms with E-state index in [0.29, 0.717) is 17.9 Å². The van der Waals surface area contributed by atoms with Gasteiger partial charge >= 0.3 is 6.18 Å². The zero-order valence-corrected chi connectivity index (χ0v) is 38.9. The Hall–Kier alpha value is -5.03. The smallest absolute Gasteiger partial charge is 0.389 e. The third kappa shape index (κ3) is 11.2. The maximum Gasteiger partial charge on any atom is 0.389 e. The molecular formula is C48H54Cl2F4N6O6. The first-order valence-corrected chi connectivity index (χ1v) is 22.8. The number of hydrogen-bond acceptors (Lipinski definition) is 8. The molecule has 0 aliphatic carbocycles. The van der Waals surface area contributed by atoms with Crippen molar-refractivity contribution in [1.29, 1.82) is 0 Å². The van der Waals surface area contributed by atoms with Crippen LogP contribution in [0.3, 0.4) is 0 Å². The number of fused-ring (bicyclic) bond motifs is 2. The van der Waals surface area contributed by atoms with Crippen molar-refractivity contribution in [1.82, 2.24) is 29.2 Å². The Morgan fingerprint density at radius 2 is 1.58 bits per heavy atom. The van der Waals surface area contributed by atoms with E-state index in [1.807, 2.05) is 23.7 Å². The Morgan fingerprint density at radius 3 is 2.23 bits per heavy atom. The number of alkyl halides is 3. The molecule has 4 aromatic rings. The first-order valence-electron chi connectivity index (χ1n) is 22.0. The molecule has 66 heavy (non-hydrogen) atoms. The molecule has 0 radical (unpaired) electrons. The van der Waals surface area contributed by atoms with E-state index in [0.717, 1.165) is 59.7 Å². The number of halogens is 6. The van der Waals surface area contributed by atoms with Crippen LogP contribution in [-0.4, -0.2) is 117 Å². The monoisotopic (exact) mass is 956 g/mol. The van der Waals surface area contributed by atoms with Gasteiger partial charge in [0, 0.05) is 68.3 Å². The molecule has 7 rings (SSSR count). The van der Waals surface area contributed by atoms with Crippen LogP contribution in [0.4, 0.5) is 17.6 Å². The molecule has 3 saturated heterocycles. The number of carbonyl (C=O) groups excluding carboxylic acids is 4. The van der Waals surface area contributed by atoms with Crippen LogP contribution in [0.5, 0.6) is 11.5 Å². The average molecular weight is 958 g/mol. The van der Waals surface area contributed by atoms with Gasteiger partial charge in [0.2, 0.25) is 17.7 Å². The highest BCUT2D eigenvalue weighted by atomic mass is 35.5. The average Bonchev–Trinajstić information content (AvgIpc) is 3.62. The van der Waals surface area contributed by atoms with Gasteiger partial charge in [-0.15, -0.1) is 0 Å². The number of hydrogen-bond donors (Lipinski definition) is 0. The molecule has 354 valence electrons. The zero-order chi connectivity index (χ0) is 47.5. The highest BCUT2D eigenvalue weighted by molar-refractivity contribution is 6.31. The number of likely N-dealkylation sites (tertiary alicyclic amines) is 1. The minimum Gasteiger partial charge on any atom is -0.457 e. The number of ether oxygens (including phenoxy) is 2. The topological polar surface area (TPSA) is 118 Å². The molecule has 3 aliphatic heterocycles. The highest BCUT2D eigenvalue weighted by Gasteiger charge is 2.48. The van der Waals surface area contributed by atoms with Gasteiger partial charge in [0.15, 0.2) is 5.78 Å². The van der Waals surface area contributed by atoms with Crippen LogP contribution in [0.25, 0.3) is 11.3 Å². The molecular weight excluding hydrogens is 903 g/mol. The quantitative estimate of drug-likeness (QED) is 0.130. The second-order valence-corrected chi connectivity index (χ2v) is 18.6. The van der Waals surface area contributed by atoms with Crippen LogP contribution in [0.1, 0.15) is 62.4 Å². The van der Waals surface area contributed by atoms with Crippen molar-refractivity contribution >= 4 is 46.7 Å². The Kier molecular flexibility index (Phi) is 15.2. The Balaban J connectivity index is 1.22. The lowest BCUT2D eigenvalue weighted by atomic mass is 9.80. The number of likely N-dealkylation sites (N-methyl/N-ethyl adjacent to an activating group) is 1. The molecule has 0 saturated carbocycles. The Bertz CT molecular complexity index is 2410. The number of Topliss-reactive ketones (excluding diaryl/α,β-unsaturated/α-hetero) is 1. The molecule has 12 nitrogen and oxygen atoms in total. The van der Waals surface area contributed by atoms with E-state index in [9.17, 15) is 32.3 Å². The van der Waals surface area contributed by atoms with Crippen LogP contribution in [0.15, 0.2) is 66.9 Å². The van der Waals surface area contributed by atoms with Gasteiger partial charge < -0.3 is 28.7 Å². The van der Waals surface area contributed by atoms with Gasteiger partial charge in [-0.3, -0.25) is 24.1 Å². The van der Waals surface area contributed by atoms with E-state index >= 15 is 4.39 Å². The second-order valence-electron chi connectivity index (χ2n) is 17.8. The summed E-state index contributed by atoms with van der Waals surface area (Å²) in [6, 6.07) is 14.8. The summed E-state index contributed by atoms with van der Waals surface area (Å²) < 4.78 is 73.0. The molecule has 0 unspecified atom stereocenters. The third-order valence-corrected chi connectivity index (χ3v) is 13.7. The number of methoxy groups -OCH3 is 1. The fourth-order valence-electron chi connectivity index (χ4n) is 9.30. The molecule has 4 heterocycles. The van der Waals surface area contributed by atoms with Gasteiger partial charge in [0.1, 0.15) is 23.1 Å². The van der Waals surface area contributed by atoms with E-state index in [1.54, 1.807) is 49.6 Å². The lowest BCUT2D eigenvalue weighted by Gasteiger charge is -2.50. The predicted octanol–water partition coefficient (Wildman–Crippen LogP) is 8.50. The summed E-state index contributed by atoms with van der Waals surface area (Å²) >= 11 is 12.5. The minimum atomic E-state index is -4.86. The molecule has 3 fully saturated rings. The number of benzene rings is 3. The van der Waals surface area contributed by atoms with E-state index < -0.39 is 84.7 Å². The zero-order valence-electron chi connectivity index (χ0n) is 37.4. The Morgan fingerprint density at radius 1 is 0.864 bits per heavy atom. The van der Waals surface area contributed by atoms with Crippen molar-refractivity contribution in [3.63, 3.8) is 0 Å². The molecule has 18 heteroatoms. The number of imidazole rings is 1. The summed E-state index contributed by atoms with van der Waals surface area (Å²) in [5.74, 6) is -5.81. The number of ketones is 1. The highest BCUT2D eigenvalue weighted by Crippen LogP contribution is 2.38. The van der Waals surface area contributed by atoms with Crippen molar-refractivity contribution in [2.24, 2.45) is 18.9 Å². The van der Waals surface area contributed by atoms with Crippen LogP contribution in [0, 0.1) is 17.7 Å². The molecule has 3 aromatic carbocycles. The molecule has 1 aromatic heterocycles. The van der Waals surface area contributed by atoms with Crippen LogP contribution < -0.4 is 4.74 Å². The standard InChI is InChI=1S/C48H54Cl2F4N6O6/c1-30-41(61)19-34(28-65-4)45(63)57(3)47(23-31-7-11-35(49)12-8-31)15-5-18-59(29-47)46(64)33(24-48(52,53)54)20-44(62)60(30)26-38-39(51)21-36(50)22-42(38)66-37-13-9-32(10-14-37)40-25-55-43(56(40)2)27-58-16-6-17-58/h7-14,21-22,25,30,33-34H,5-6,15-20,23-24,26-29H2,1-4H3/t30-,33-,34-,47+/m0/s1. The lowest BCUT2D eigenvalue weighted by Crippen LogP contribution is -2.63. The van der Waals surface area contributed by atoms with Gasteiger partial charge in [0.25, 0.3) is 0 Å². The van der Waals surface area contributed by atoms with Crippen LogP contribution in [0.2, 0.25) is 10.0 Å². The lowest BCUT2D eigenvalue weighted by molar-refractivity contribution is -0.166. The molecule has 0 N–H and O–H groups in total. The fourth-order valence-corrected chi connectivity index (χ4v) is 9.63. The van der Waals surface area contributed by atoms with E-state index in [1.165, 1.54) is 29.9 Å². The maximum atomic E-state index is 16.2. The summed E-state index contributed by atoms with van der Waals surface area (Å²) in [5.41, 5.74) is 1.16.